The fraction of sp³-hybridized carbons (Fsp3) is 0.389. The minimum absolute atomic E-state index is 0.190. The second-order valence-electron chi connectivity index (χ2n) is 5.27. The molecule has 2 atom stereocenters. The van der Waals surface area contributed by atoms with Gasteiger partial charge in [0.05, 0.1) is 0 Å². The fourth-order valence-corrected chi connectivity index (χ4v) is 2.41. The lowest BCUT2D eigenvalue weighted by Gasteiger charge is -2.20. The van der Waals surface area contributed by atoms with Crippen LogP contribution in [-0.2, 0) is 0 Å². The van der Waals surface area contributed by atoms with E-state index in [-0.39, 0.29) is 6.04 Å². The van der Waals surface area contributed by atoms with Crippen molar-refractivity contribution in [2.75, 3.05) is 6.54 Å². The van der Waals surface area contributed by atoms with Crippen molar-refractivity contribution in [1.29, 1.82) is 5.26 Å². The Hall–Kier alpha value is -2.05. The number of nitrogens with one attached hydrogen (secondary N) is 1. The molecule has 21 heavy (non-hydrogen) atoms. The highest BCUT2D eigenvalue weighted by Crippen LogP contribution is 2.34. The van der Waals surface area contributed by atoms with Gasteiger partial charge in [-0.2, -0.15) is 5.26 Å². The molecule has 2 unspecified atom stereocenters. The number of nitrogens with zero attached hydrogens (tertiary/aromatic N) is 1. The topological polar surface area (TPSA) is 45.0 Å². The molecule has 0 aliphatic carbocycles. The van der Waals surface area contributed by atoms with Gasteiger partial charge in [-0.05, 0) is 32.2 Å². The Morgan fingerprint density at radius 3 is 2.67 bits per heavy atom. The first-order chi connectivity index (χ1) is 10.2. The van der Waals surface area contributed by atoms with Crippen LogP contribution in [0.4, 0.5) is 0 Å². The Labute approximate surface area is 126 Å². The van der Waals surface area contributed by atoms with E-state index in [1.807, 2.05) is 18.2 Å². The van der Waals surface area contributed by atoms with E-state index >= 15 is 0 Å². The molecule has 1 N–H and O–H groups in total. The Bertz CT molecular complexity index is 645. The third kappa shape index (κ3) is 3.53. The van der Waals surface area contributed by atoms with Gasteiger partial charge in [-0.25, -0.2) is 0 Å². The molecule has 0 aliphatic rings. The van der Waals surface area contributed by atoms with Gasteiger partial charge in [-0.1, -0.05) is 43.3 Å². The van der Waals surface area contributed by atoms with E-state index in [1.165, 1.54) is 0 Å². The maximum atomic E-state index is 9.05. The number of hydrogen-bond donors (Lipinski definition) is 1. The van der Waals surface area contributed by atoms with Crippen molar-refractivity contribution >= 4 is 10.8 Å². The predicted molar refractivity (Wildman–Crippen MR) is 86.4 cm³/mol. The lowest BCUT2D eigenvalue weighted by Crippen LogP contribution is -2.21. The highest BCUT2D eigenvalue weighted by molar-refractivity contribution is 5.89. The van der Waals surface area contributed by atoms with Gasteiger partial charge in [0.2, 0.25) is 0 Å². The van der Waals surface area contributed by atoms with Crippen LogP contribution >= 0.6 is 0 Å². The molecule has 0 radical (unpaired) electrons. The van der Waals surface area contributed by atoms with Crippen molar-refractivity contribution in [3.05, 3.63) is 42.0 Å². The second-order valence-corrected chi connectivity index (χ2v) is 5.27. The summed E-state index contributed by atoms with van der Waals surface area (Å²) in [6.45, 7) is 7.01. The lowest BCUT2D eigenvalue weighted by molar-refractivity contribution is 0.274. The average molecular weight is 282 g/mol. The van der Waals surface area contributed by atoms with E-state index in [2.05, 4.69) is 43.4 Å². The van der Waals surface area contributed by atoms with Crippen molar-refractivity contribution in [2.24, 2.45) is 0 Å². The zero-order valence-corrected chi connectivity index (χ0v) is 12.9. The van der Waals surface area contributed by atoms with E-state index in [0.717, 1.165) is 35.1 Å². The van der Waals surface area contributed by atoms with Crippen LogP contribution in [0.2, 0.25) is 0 Å². The average Bonchev–Trinajstić information content (AvgIpc) is 2.52. The van der Waals surface area contributed by atoms with Gasteiger partial charge < -0.3 is 10.1 Å². The zero-order chi connectivity index (χ0) is 15.2. The molecule has 0 aromatic heterocycles. The van der Waals surface area contributed by atoms with Gasteiger partial charge >= 0.3 is 0 Å². The summed E-state index contributed by atoms with van der Waals surface area (Å²) < 4.78 is 5.91. The molecule has 0 saturated heterocycles. The molecule has 3 heteroatoms. The van der Waals surface area contributed by atoms with Crippen LogP contribution in [-0.4, -0.2) is 12.6 Å². The molecule has 0 spiro atoms. The smallest absolute Gasteiger partial charge is 0.181 e. The SMILES string of the molecule is CCCNC(C)c1ccc2ccccc2c1OC(C)C#N. The van der Waals surface area contributed by atoms with Gasteiger partial charge in [-0.3, -0.25) is 0 Å². The number of ether oxygens (including phenoxy) is 1. The van der Waals surface area contributed by atoms with Crippen LogP contribution in [0, 0.1) is 11.3 Å². The molecular weight excluding hydrogens is 260 g/mol. The van der Waals surface area contributed by atoms with E-state index in [0.29, 0.717) is 0 Å². The molecule has 2 aromatic carbocycles. The number of fused-ring (bicyclic) bond motifs is 1. The van der Waals surface area contributed by atoms with Crippen LogP contribution in [0.1, 0.15) is 38.8 Å². The number of rotatable bonds is 6. The monoisotopic (exact) mass is 282 g/mol. The Balaban J connectivity index is 2.48. The number of nitriles is 1. The molecular formula is C18H22N2O. The third-order valence-electron chi connectivity index (χ3n) is 3.55. The maximum absolute atomic E-state index is 9.05. The summed E-state index contributed by atoms with van der Waals surface area (Å²) in [5.74, 6) is 0.818. The molecule has 2 rings (SSSR count). The molecule has 0 amide bonds. The summed E-state index contributed by atoms with van der Waals surface area (Å²) >= 11 is 0. The van der Waals surface area contributed by atoms with Gasteiger partial charge in [0.15, 0.2) is 6.10 Å². The van der Waals surface area contributed by atoms with Gasteiger partial charge in [0.25, 0.3) is 0 Å². The highest BCUT2D eigenvalue weighted by Gasteiger charge is 2.16. The summed E-state index contributed by atoms with van der Waals surface area (Å²) in [5, 5.41) is 14.7. The van der Waals surface area contributed by atoms with Gasteiger partial charge in [0.1, 0.15) is 11.8 Å². The van der Waals surface area contributed by atoms with Crippen LogP contribution in [0.15, 0.2) is 36.4 Å². The van der Waals surface area contributed by atoms with E-state index < -0.39 is 6.10 Å². The van der Waals surface area contributed by atoms with Crippen molar-refractivity contribution in [3.63, 3.8) is 0 Å². The molecule has 0 saturated carbocycles. The van der Waals surface area contributed by atoms with Crippen LogP contribution in [0.5, 0.6) is 5.75 Å². The van der Waals surface area contributed by atoms with Gasteiger partial charge in [-0.15, -0.1) is 0 Å². The Morgan fingerprint density at radius 2 is 1.95 bits per heavy atom. The van der Waals surface area contributed by atoms with Gasteiger partial charge in [0, 0.05) is 17.0 Å². The van der Waals surface area contributed by atoms with E-state index in [4.69, 9.17) is 10.00 Å². The van der Waals surface area contributed by atoms with Crippen molar-refractivity contribution in [2.45, 2.75) is 39.3 Å². The standard InChI is InChI=1S/C18H22N2O/c1-4-11-20-14(3)16-10-9-15-7-5-6-8-17(15)18(16)21-13(2)12-19/h5-10,13-14,20H,4,11H2,1-3H3. The lowest BCUT2D eigenvalue weighted by atomic mass is 10.0. The minimum Gasteiger partial charge on any atom is -0.475 e. The summed E-state index contributed by atoms with van der Waals surface area (Å²) in [5.41, 5.74) is 1.10. The Morgan fingerprint density at radius 1 is 1.19 bits per heavy atom. The molecule has 2 aromatic rings. The number of benzene rings is 2. The molecule has 0 bridgehead atoms. The van der Waals surface area contributed by atoms with Crippen molar-refractivity contribution in [1.82, 2.24) is 5.32 Å². The maximum Gasteiger partial charge on any atom is 0.181 e. The van der Waals surface area contributed by atoms with Crippen LogP contribution in [0.25, 0.3) is 10.8 Å². The largest absolute Gasteiger partial charge is 0.475 e. The summed E-state index contributed by atoms with van der Waals surface area (Å²) in [7, 11) is 0. The van der Waals surface area contributed by atoms with Crippen molar-refractivity contribution < 1.29 is 4.74 Å². The van der Waals surface area contributed by atoms with Crippen LogP contribution in [0.3, 0.4) is 0 Å². The number of hydrogen-bond acceptors (Lipinski definition) is 3. The van der Waals surface area contributed by atoms with E-state index in [9.17, 15) is 0 Å². The van der Waals surface area contributed by atoms with Crippen LogP contribution < -0.4 is 10.1 Å². The second kappa shape index (κ2) is 7.10. The third-order valence-corrected chi connectivity index (χ3v) is 3.55. The van der Waals surface area contributed by atoms with E-state index in [1.54, 1.807) is 6.92 Å². The first-order valence-electron chi connectivity index (χ1n) is 7.48. The Kier molecular flexibility index (Phi) is 5.19. The summed E-state index contributed by atoms with van der Waals surface area (Å²) in [4.78, 5) is 0. The molecule has 110 valence electrons. The molecule has 3 nitrogen and oxygen atoms in total. The molecule has 0 fully saturated rings. The quantitative estimate of drug-likeness (QED) is 0.864. The highest BCUT2D eigenvalue weighted by atomic mass is 16.5. The zero-order valence-electron chi connectivity index (χ0n) is 12.9. The first-order valence-corrected chi connectivity index (χ1v) is 7.48. The summed E-state index contributed by atoms with van der Waals surface area (Å²) in [6.07, 6.45) is 0.621. The minimum atomic E-state index is -0.465. The molecule has 0 heterocycles. The normalized spacial score (nSPS) is 13.6. The first kappa shape index (κ1) is 15.3. The van der Waals surface area contributed by atoms with Crippen molar-refractivity contribution in [3.8, 4) is 11.8 Å². The predicted octanol–water partition coefficient (Wildman–Crippen LogP) is 4.19. The fourth-order valence-electron chi connectivity index (χ4n) is 2.41. The molecule has 0 aliphatic heterocycles. The summed E-state index contributed by atoms with van der Waals surface area (Å²) in [6, 6.07) is 14.7.